The number of rotatable bonds is 5. The summed E-state index contributed by atoms with van der Waals surface area (Å²) in [6, 6.07) is 7.76. The lowest BCUT2D eigenvalue weighted by molar-refractivity contribution is -0.137. The third kappa shape index (κ3) is 4.76. The van der Waals surface area contributed by atoms with Crippen molar-refractivity contribution in [1.29, 1.82) is 0 Å². The van der Waals surface area contributed by atoms with Crippen molar-refractivity contribution in [3.63, 3.8) is 0 Å². The fourth-order valence-corrected chi connectivity index (χ4v) is 4.81. The van der Waals surface area contributed by atoms with Crippen molar-refractivity contribution in [2.24, 2.45) is 0 Å². The highest BCUT2D eigenvalue weighted by Gasteiger charge is 2.39. The monoisotopic (exact) mass is 430 g/mol. The van der Waals surface area contributed by atoms with E-state index in [4.69, 9.17) is 0 Å². The van der Waals surface area contributed by atoms with Gasteiger partial charge in [-0.15, -0.1) is 0 Å². The van der Waals surface area contributed by atoms with E-state index < -0.39 is 39.5 Å². The van der Waals surface area contributed by atoms with E-state index in [-0.39, 0.29) is 18.0 Å². The minimum Gasteiger partial charge on any atom is -0.351 e. The van der Waals surface area contributed by atoms with Crippen LogP contribution in [0.3, 0.4) is 0 Å². The molecule has 1 amide bonds. The molecule has 0 radical (unpaired) electrons. The molecule has 1 saturated heterocycles. The number of nitrogens with one attached hydrogen (secondary N) is 1. The molecule has 0 aliphatic carbocycles. The van der Waals surface area contributed by atoms with E-state index in [1.807, 2.05) is 0 Å². The highest BCUT2D eigenvalue weighted by Crippen LogP contribution is 2.29. The highest BCUT2D eigenvalue weighted by atomic mass is 32.2. The molecule has 0 saturated carbocycles. The molecule has 2 aromatic rings. The van der Waals surface area contributed by atoms with E-state index in [2.05, 4.69) is 5.32 Å². The van der Waals surface area contributed by atoms with Crippen LogP contribution in [0.5, 0.6) is 0 Å². The summed E-state index contributed by atoms with van der Waals surface area (Å²) in [6.45, 7) is 0.121. The molecule has 1 N–H and O–H groups in total. The molecule has 1 aliphatic rings. The lowest BCUT2D eigenvalue weighted by Gasteiger charge is -2.23. The minimum absolute atomic E-state index is 0.0299. The Hall–Kier alpha value is -2.46. The van der Waals surface area contributed by atoms with Crippen LogP contribution in [0.2, 0.25) is 0 Å². The lowest BCUT2D eigenvalue weighted by atomic mass is 10.1. The number of carbonyl (C=O) groups is 1. The zero-order chi connectivity index (χ0) is 21.2. The van der Waals surface area contributed by atoms with Crippen LogP contribution in [0, 0.1) is 5.82 Å². The van der Waals surface area contributed by atoms with Gasteiger partial charge in [-0.1, -0.05) is 12.1 Å². The van der Waals surface area contributed by atoms with Gasteiger partial charge in [0.05, 0.1) is 10.5 Å². The van der Waals surface area contributed by atoms with Crippen LogP contribution in [0.4, 0.5) is 17.6 Å². The first kappa shape index (κ1) is 21.3. The van der Waals surface area contributed by atoms with Crippen LogP contribution in [0.15, 0.2) is 53.4 Å². The van der Waals surface area contributed by atoms with Crippen LogP contribution in [0.25, 0.3) is 0 Å². The molecular weight excluding hydrogens is 412 g/mol. The van der Waals surface area contributed by atoms with Crippen molar-refractivity contribution in [2.45, 2.75) is 36.5 Å². The van der Waals surface area contributed by atoms with Crippen LogP contribution in [-0.4, -0.2) is 31.2 Å². The van der Waals surface area contributed by atoms with Gasteiger partial charge in [0.15, 0.2) is 0 Å². The molecule has 5 nitrogen and oxygen atoms in total. The molecule has 156 valence electrons. The highest BCUT2D eigenvalue weighted by molar-refractivity contribution is 7.89. The smallest absolute Gasteiger partial charge is 0.351 e. The van der Waals surface area contributed by atoms with Gasteiger partial charge in [-0.25, -0.2) is 12.8 Å². The first-order valence-electron chi connectivity index (χ1n) is 8.80. The second-order valence-electron chi connectivity index (χ2n) is 6.64. The zero-order valence-corrected chi connectivity index (χ0v) is 15.9. The third-order valence-corrected chi connectivity index (χ3v) is 6.60. The van der Waals surface area contributed by atoms with Gasteiger partial charge >= 0.3 is 6.18 Å². The predicted molar refractivity (Wildman–Crippen MR) is 96.6 cm³/mol. The van der Waals surface area contributed by atoms with Gasteiger partial charge in [0.2, 0.25) is 15.9 Å². The molecule has 0 bridgehead atoms. The van der Waals surface area contributed by atoms with Crippen molar-refractivity contribution >= 4 is 15.9 Å². The molecule has 1 atom stereocenters. The fourth-order valence-electron chi connectivity index (χ4n) is 3.15. The lowest BCUT2D eigenvalue weighted by Crippen LogP contribution is -2.45. The van der Waals surface area contributed by atoms with Crippen molar-refractivity contribution in [1.82, 2.24) is 9.62 Å². The van der Waals surface area contributed by atoms with E-state index in [1.165, 1.54) is 12.1 Å². The standard InChI is InChI=1S/C19H18F4N2O3S/c20-15-7-9-16(10-8-15)29(27,28)25-11-1-2-17(25)18(26)24-12-13-3-5-14(6-4-13)19(21,22)23/h3-10,17H,1-2,11-12H2,(H,24,26)/t17-/m0/s1. The van der Waals surface area contributed by atoms with Gasteiger partial charge in [0.1, 0.15) is 11.9 Å². The van der Waals surface area contributed by atoms with E-state index in [1.54, 1.807) is 0 Å². The van der Waals surface area contributed by atoms with Gasteiger partial charge in [0.25, 0.3) is 0 Å². The van der Waals surface area contributed by atoms with E-state index in [0.717, 1.165) is 40.7 Å². The Kier molecular flexibility index (Phi) is 5.95. The number of hydrogen-bond acceptors (Lipinski definition) is 3. The van der Waals surface area contributed by atoms with Crippen molar-refractivity contribution in [3.8, 4) is 0 Å². The molecule has 0 aromatic heterocycles. The SMILES string of the molecule is O=C(NCc1ccc(C(F)(F)F)cc1)[C@@H]1CCCN1S(=O)(=O)c1ccc(F)cc1. The summed E-state index contributed by atoms with van der Waals surface area (Å²) in [6.07, 6.45) is -3.64. The summed E-state index contributed by atoms with van der Waals surface area (Å²) >= 11 is 0. The predicted octanol–water partition coefficient (Wildman–Crippen LogP) is 3.31. The average Bonchev–Trinajstić information content (AvgIpc) is 3.17. The molecule has 1 fully saturated rings. The average molecular weight is 430 g/mol. The van der Waals surface area contributed by atoms with Crippen LogP contribution < -0.4 is 5.32 Å². The van der Waals surface area contributed by atoms with Crippen molar-refractivity contribution < 1.29 is 30.8 Å². The van der Waals surface area contributed by atoms with E-state index in [0.29, 0.717) is 18.4 Å². The van der Waals surface area contributed by atoms with Crippen molar-refractivity contribution in [2.75, 3.05) is 6.54 Å². The Bertz CT molecular complexity index is 974. The Labute approximate surface area is 165 Å². The van der Waals surface area contributed by atoms with Crippen molar-refractivity contribution in [3.05, 3.63) is 65.5 Å². The summed E-state index contributed by atoms with van der Waals surface area (Å²) in [5, 5.41) is 2.58. The number of halogens is 4. The molecule has 0 unspecified atom stereocenters. The summed E-state index contributed by atoms with van der Waals surface area (Å²) in [5.41, 5.74) is -0.336. The molecule has 1 heterocycles. The zero-order valence-electron chi connectivity index (χ0n) is 15.1. The number of carbonyl (C=O) groups excluding carboxylic acids is 1. The van der Waals surface area contributed by atoms with Gasteiger partial charge in [-0.2, -0.15) is 17.5 Å². The maximum atomic E-state index is 13.1. The number of alkyl halides is 3. The number of nitrogens with zero attached hydrogens (tertiary/aromatic N) is 1. The van der Waals surface area contributed by atoms with E-state index >= 15 is 0 Å². The Morgan fingerprint density at radius 2 is 1.69 bits per heavy atom. The molecule has 0 spiro atoms. The van der Waals surface area contributed by atoms with Gasteiger partial charge < -0.3 is 5.32 Å². The summed E-state index contributed by atoms with van der Waals surface area (Å²) < 4.78 is 77.5. The van der Waals surface area contributed by atoms with Crippen LogP contribution >= 0.6 is 0 Å². The van der Waals surface area contributed by atoms with Gasteiger partial charge in [-0.05, 0) is 54.8 Å². The van der Waals surface area contributed by atoms with Crippen LogP contribution in [-0.2, 0) is 27.5 Å². The number of amides is 1. The number of sulfonamides is 1. The summed E-state index contributed by atoms with van der Waals surface area (Å²) in [7, 11) is -3.97. The first-order chi connectivity index (χ1) is 13.6. The maximum absolute atomic E-state index is 13.1. The third-order valence-electron chi connectivity index (χ3n) is 4.67. The quantitative estimate of drug-likeness (QED) is 0.741. The van der Waals surface area contributed by atoms with Crippen LogP contribution in [0.1, 0.15) is 24.0 Å². The van der Waals surface area contributed by atoms with Gasteiger partial charge in [0, 0.05) is 13.1 Å². The maximum Gasteiger partial charge on any atom is 0.416 e. The van der Waals surface area contributed by atoms with E-state index in [9.17, 15) is 30.8 Å². The minimum atomic E-state index is -4.44. The normalized spacial score (nSPS) is 18.0. The number of hydrogen-bond donors (Lipinski definition) is 1. The molecule has 1 aliphatic heterocycles. The molecule has 2 aromatic carbocycles. The Balaban J connectivity index is 1.68. The second-order valence-corrected chi connectivity index (χ2v) is 8.53. The van der Waals surface area contributed by atoms with Gasteiger partial charge in [-0.3, -0.25) is 4.79 Å². The Morgan fingerprint density at radius 3 is 2.28 bits per heavy atom. The first-order valence-corrected chi connectivity index (χ1v) is 10.2. The molecule has 3 rings (SSSR count). The second kappa shape index (κ2) is 8.11. The summed E-state index contributed by atoms with van der Waals surface area (Å²) in [5.74, 6) is -1.11. The largest absolute Gasteiger partial charge is 0.416 e. The summed E-state index contributed by atoms with van der Waals surface area (Å²) in [4.78, 5) is 12.4. The fraction of sp³-hybridized carbons (Fsp3) is 0.316. The molecule has 10 heteroatoms. The molecule has 29 heavy (non-hydrogen) atoms. The Morgan fingerprint density at radius 1 is 1.07 bits per heavy atom. The number of benzene rings is 2. The molecular formula is C19H18F4N2O3S. The topological polar surface area (TPSA) is 66.5 Å².